The minimum Gasteiger partial charge on any atom is -0.363 e. The van der Waals surface area contributed by atoms with Gasteiger partial charge in [0.15, 0.2) is 0 Å². The van der Waals surface area contributed by atoms with Crippen molar-refractivity contribution in [1.29, 1.82) is 0 Å². The van der Waals surface area contributed by atoms with Crippen molar-refractivity contribution >= 4 is 159 Å². The van der Waals surface area contributed by atoms with Crippen molar-refractivity contribution in [2.45, 2.75) is 12.2 Å². The first-order valence-corrected chi connectivity index (χ1v) is 14.4. The normalized spacial score (nSPS) is 13.8. The van der Waals surface area contributed by atoms with E-state index in [1.807, 2.05) is 0 Å². The maximum atomic E-state index is 6.44. The SMILES string of the molecule is ClCC(OC(CCl)c1c(I)cc(I)cc1I)c1c(I)cc(I)cc1I. The molecule has 1 nitrogen and oxygen atoms in total. The van der Waals surface area contributed by atoms with E-state index in [1.165, 1.54) is 21.4 Å². The molecule has 2 rings (SSSR count). The van der Waals surface area contributed by atoms with Gasteiger partial charge in [0.25, 0.3) is 0 Å². The zero-order valence-corrected chi connectivity index (χ0v) is 26.8. The minimum absolute atomic E-state index is 0.202. The van der Waals surface area contributed by atoms with Crippen molar-refractivity contribution in [2.75, 3.05) is 11.8 Å². The first-order chi connectivity index (χ1) is 11.8. The number of benzene rings is 2. The zero-order chi connectivity index (χ0) is 18.7. The summed E-state index contributed by atoms with van der Waals surface area (Å²) in [5, 5.41) is 0. The molecule has 9 heteroatoms. The molecule has 0 saturated heterocycles. The molecule has 0 bridgehead atoms. The van der Waals surface area contributed by atoms with Gasteiger partial charge in [0.2, 0.25) is 0 Å². The third-order valence-electron chi connectivity index (χ3n) is 3.34. The second kappa shape index (κ2) is 11.7. The van der Waals surface area contributed by atoms with E-state index in [9.17, 15) is 0 Å². The van der Waals surface area contributed by atoms with Gasteiger partial charge in [0.05, 0.1) is 24.0 Å². The molecule has 0 amide bonds. The van der Waals surface area contributed by atoms with E-state index in [2.05, 4.69) is 160 Å². The van der Waals surface area contributed by atoms with Crippen LogP contribution < -0.4 is 0 Å². The molecular weight excluding hydrogens is 1040 g/mol. The molecule has 0 fully saturated rings. The maximum Gasteiger partial charge on any atom is 0.0989 e. The van der Waals surface area contributed by atoms with Crippen LogP contribution in [0.15, 0.2) is 24.3 Å². The lowest BCUT2D eigenvalue weighted by molar-refractivity contribution is 0.00817. The average Bonchev–Trinajstić information content (AvgIpc) is 2.50. The van der Waals surface area contributed by atoms with E-state index < -0.39 is 0 Å². The van der Waals surface area contributed by atoms with Crippen LogP contribution in [-0.2, 0) is 4.74 Å². The predicted octanol–water partition coefficient (Wildman–Crippen LogP) is 8.59. The molecule has 0 aliphatic rings. The molecule has 0 radical (unpaired) electrons. The first kappa shape index (κ1) is 24.6. The smallest absolute Gasteiger partial charge is 0.0989 e. The third-order valence-corrected chi connectivity index (χ3v) is 8.72. The Morgan fingerprint density at radius 3 is 1.16 bits per heavy atom. The molecule has 0 spiro atoms. The van der Waals surface area contributed by atoms with E-state index in [0.29, 0.717) is 11.8 Å². The van der Waals surface area contributed by atoms with Gasteiger partial charge in [0, 0.05) is 32.5 Å². The molecule has 0 N–H and O–H groups in total. The quantitative estimate of drug-likeness (QED) is 0.208. The van der Waals surface area contributed by atoms with Gasteiger partial charge in [-0.1, -0.05) is 0 Å². The minimum atomic E-state index is -0.202. The van der Waals surface area contributed by atoms with Gasteiger partial charge in [-0.05, 0) is 160 Å². The topological polar surface area (TPSA) is 9.23 Å². The van der Waals surface area contributed by atoms with Crippen LogP contribution in [0.4, 0.5) is 0 Å². The summed E-state index contributed by atoms with van der Waals surface area (Å²) < 4.78 is 13.5. The maximum absolute atomic E-state index is 6.44. The summed E-state index contributed by atoms with van der Waals surface area (Å²) in [5.74, 6) is 0.773. The van der Waals surface area contributed by atoms with Crippen LogP contribution in [-0.4, -0.2) is 11.8 Å². The standard InChI is InChI=1S/C16H10Cl2I6O/c17-5-13(15-9(21)1-7(19)2-10(15)22)25-14(6-18)16-11(23)3-8(20)4-12(16)24/h1-4,13-14H,5-6H2. The number of alkyl halides is 2. The van der Waals surface area contributed by atoms with Crippen LogP contribution in [0.3, 0.4) is 0 Å². The fraction of sp³-hybridized carbons (Fsp3) is 0.250. The Kier molecular flexibility index (Phi) is 11.5. The Balaban J connectivity index is 2.41. The Morgan fingerprint density at radius 1 is 0.640 bits per heavy atom. The monoisotopic (exact) mass is 1050 g/mol. The molecule has 2 aromatic rings. The predicted molar refractivity (Wildman–Crippen MR) is 157 cm³/mol. The Hall–Kier alpha value is 3.36. The summed E-state index contributed by atoms with van der Waals surface area (Å²) >= 11 is 26.7. The fourth-order valence-electron chi connectivity index (χ4n) is 2.28. The molecule has 2 atom stereocenters. The van der Waals surface area contributed by atoms with E-state index in [1.54, 1.807) is 0 Å². The van der Waals surface area contributed by atoms with Gasteiger partial charge < -0.3 is 4.74 Å². The van der Waals surface area contributed by atoms with Crippen molar-refractivity contribution in [3.8, 4) is 0 Å². The number of halogens is 8. The first-order valence-electron chi connectivity index (χ1n) is 6.84. The number of ether oxygens (including phenoxy) is 1. The summed E-state index contributed by atoms with van der Waals surface area (Å²) in [6.07, 6.45) is -0.404. The molecule has 0 aromatic heterocycles. The molecular formula is C16H10Cl2I6O. The second-order valence-electron chi connectivity index (χ2n) is 4.99. The van der Waals surface area contributed by atoms with E-state index in [-0.39, 0.29) is 12.2 Å². The lowest BCUT2D eigenvalue weighted by atomic mass is 10.1. The van der Waals surface area contributed by atoms with E-state index in [4.69, 9.17) is 27.9 Å². The zero-order valence-electron chi connectivity index (χ0n) is 12.3. The second-order valence-corrected chi connectivity index (χ2v) is 12.7. The largest absolute Gasteiger partial charge is 0.363 e. The summed E-state index contributed by atoms with van der Waals surface area (Å²) in [4.78, 5) is 0. The number of hydrogen-bond acceptors (Lipinski definition) is 1. The molecule has 0 saturated carbocycles. The van der Waals surface area contributed by atoms with Gasteiger partial charge in [-0.2, -0.15) is 0 Å². The lowest BCUT2D eigenvalue weighted by Crippen LogP contribution is -2.17. The van der Waals surface area contributed by atoms with Crippen molar-refractivity contribution in [2.24, 2.45) is 0 Å². The van der Waals surface area contributed by atoms with Crippen molar-refractivity contribution < 1.29 is 4.74 Å². The van der Waals surface area contributed by atoms with Gasteiger partial charge in [-0.15, -0.1) is 23.2 Å². The summed E-state index contributed by atoms with van der Waals surface area (Å²) in [6.45, 7) is 0. The highest BCUT2D eigenvalue weighted by Gasteiger charge is 2.25. The molecule has 2 unspecified atom stereocenters. The molecule has 0 aliphatic carbocycles. The fourth-order valence-corrected chi connectivity index (χ4v) is 11.3. The molecule has 0 aliphatic heterocycles. The van der Waals surface area contributed by atoms with E-state index >= 15 is 0 Å². The summed E-state index contributed by atoms with van der Waals surface area (Å²) in [7, 11) is 0. The van der Waals surface area contributed by atoms with Crippen LogP contribution >= 0.6 is 159 Å². The highest BCUT2D eigenvalue weighted by atomic mass is 127. The van der Waals surface area contributed by atoms with Crippen LogP contribution in [0, 0.1) is 21.4 Å². The average molecular weight is 1050 g/mol. The van der Waals surface area contributed by atoms with Gasteiger partial charge >= 0.3 is 0 Å². The Labute approximate surface area is 239 Å². The molecule has 0 heterocycles. The third kappa shape index (κ3) is 6.67. The van der Waals surface area contributed by atoms with Crippen LogP contribution in [0.25, 0.3) is 0 Å². The van der Waals surface area contributed by atoms with Crippen molar-refractivity contribution in [3.05, 3.63) is 56.8 Å². The van der Waals surface area contributed by atoms with Crippen molar-refractivity contribution in [1.82, 2.24) is 0 Å². The molecule has 136 valence electrons. The van der Waals surface area contributed by atoms with E-state index in [0.717, 1.165) is 11.1 Å². The van der Waals surface area contributed by atoms with Gasteiger partial charge in [-0.25, -0.2) is 0 Å². The van der Waals surface area contributed by atoms with Crippen LogP contribution in [0.1, 0.15) is 23.3 Å². The van der Waals surface area contributed by atoms with Gasteiger partial charge in [-0.3, -0.25) is 0 Å². The molecule has 2 aromatic carbocycles. The Morgan fingerprint density at radius 2 is 0.920 bits per heavy atom. The van der Waals surface area contributed by atoms with Gasteiger partial charge in [0.1, 0.15) is 0 Å². The summed E-state index contributed by atoms with van der Waals surface area (Å²) in [5.41, 5.74) is 2.28. The summed E-state index contributed by atoms with van der Waals surface area (Å²) in [6, 6.07) is 8.59. The Bertz CT molecular complexity index is 661. The van der Waals surface area contributed by atoms with Crippen LogP contribution in [0.2, 0.25) is 0 Å². The van der Waals surface area contributed by atoms with Crippen molar-refractivity contribution in [3.63, 3.8) is 0 Å². The number of rotatable bonds is 6. The number of hydrogen-bond donors (Lipinski definition) is 0. The highest BCUT2D eigenvalue weighted by Crippen LogP contribution is 2.37. The van der Waals surface area contributed by atoms with Crippen LogP contribution in [0.5, 0.6) is 0 Å². The molecule has 25 heavy (non-hydrogen) atoms. The lowest BCUT2D eigenvalue weighted by Gasteiger charge is -2.26. The highest BCUT2D eigenvalue weighted by molar-refractivity contribution is 14.1.